The van der Waals surface area contributed by atoms with Crippen molar-refractivity contribution < 1.29 is 0 Å². The van der Waals surface area contributed by atoms with Gasteiger partial charge in [0.15, 0.2) is 0 Å². The van der Waals surface area contributed by atoms with Crippen LogP contribution in [0.5, 0.6) is 0 Å². The molecule has 2 aromatic rings. The van der Waals surface area contributed by atoms with Gasteiger partial charge in [-0.2, -0.15) is 5.10 Å². The number of fused-ring (bicyclic) bond motifs is 1. The van der Waals surface area contributed by atoms with Crippen molar-refractivity contribution >= 4 is 38.4 Å². The van der Waals surface area contributed by atoms with Crippen molar-refractivity contribution in [2.75, 3.05) is 0 Å². The lowest BCUT2D eigenvalue weighted by Crippen LogP contribution is -1.86. The molecule has 68 valence electrons. The van der Waals surface area contributed by atoms with Crippen LogP contribution in [0.1, 0.15) is 12.5 Å². The van der Waals surface area contributed by atoms with Crippen molar-refractivity contribution in [1.29, 1.82) is 0 Å². The van der Waals surface area contributed by atoms with Gasteiger partial charge in [0.05, 0.1) is 16.7 Å². The first kappa shape index (κ1) is 9.03. The van der Waals surface area contributed by atoms with E-state index in [9.17, 15) is 0 Å². The first-order chi connectivity index (χ1) is 6.24. The number of hydrogen-bond acceptors (Lipinski definition) is 1. The van der Waals surface area contributed by atoms with Crippen LogP contribution in [0.4, 0.5) is 0 Å². The molecule has 1 aromatic heterocycles. The van der Waals surface area contributed by atoms with Crippen LogP contribution in [0.2, 0.25) is 5.02 Å². The number of benzene rings is 1. The van der Waals surface area contributed by atoms with E-state index in [-0.39, 0.29) is 0 Å². The maximum absolute atomic E-state index is 6.04. The molecule has 0 bridgehead atoms. The topological polar surface area (TPSA) is 28.7 Å². The number of aromatic amines is 1. The fraction of sp³-hybridized carbons (Fsp3) is 0.222. The van der Waals surface area contributed by atoms with E-state index in [0.29, 0.717) is 0 Å². The standard InChI is InChI=1S/C9H8BrClN2/c1-2-5-7(10)3-8(11)6-4-12-13-9(5)6/h3-4H,2H2,1H3,(H,12,13). The second-order valence-electron chi connectivity index (χ2n) is 2.83. The van der Waals surface area contributed by atoms with Crippen LogP contribution in [-0.4, -0.2) is 10.2 Å². The molecule has 0 atom stereocenters. The predicted molar refractivity (Wildman–Crippen MR) is 58.2 cm³/mol. The van der Waals surface area contributed by atoms with Gasteiger partial charge in [-0.1, -0.05) is 34.5 Å². The van der Waals surface area contributed by atoms with Gasteiger partial charge in [0, 0.05) is 9.86 Å². The third kappa shape index (κ3) is 1.36. The van der Waals surface area contributed by atoms with E-state index < -0.39 is 0 Å². The summed E-state index contributed by atoms with van der Waals surface area (Å²) >= 11 is 9.52. The zero-order valence-corrected chi connectivity index (χ0v) is 9.41. The minimum atomic E-state index is 0.729. The molecular weight excluding hydrogens is 251 g/mol. The number of aryl methyl sites for hydroxylation is 1. The zero-order chi connectivity index (χ0) is 9.42. The van der Waals surface area contributed by atoms with Gasteiger partial charge in [-0.3, -0.25) is 5.10 Å². The van der Waals surface area contributed by atoms with Crippen LogP contribution in [0.25, 0.3) is 10.9 Å². The summed E-state index contributed by atoms with van der Waals surface area (Å²) in [6.07, 6.45) is 2.71. The predicted octanol–water partition coefficient (Wildman–Crippen LogP) is 3.54. The van der Waals surface area contributed by atoms with Gasteiger partial charge in [0.25, 0.3) is 0 Å². The van der Waals surface area contributed by atoms with E-state index in [1.54, 1.807) is 6.20 Å². The van der Waals surface area contributed by atoms with Gasteiger partial charge in [-0.15, -0.1) is 0 Å². The lowest BCUT2D eigenvalue weighted by atomic mass is 10.1. The Labute approximate surface area is 89.4 Å². The Morgan fingerprint density at radius 3 is 3.08 bits per heavy atom. The van der Waals surface area contributed by atoms with E-state index in [0.717, 1.165) is 26.8 Å². The minimum absolute atomic E-state index is 0.729. The summed E-state index contributed by atoms with van der Waals surface area (Å²) in [5, 5.41) is 8.66. The minimum Gasteiger partial charge on any atom is -0.277 e. The third-order valence-corrected chi connectivity index (χ3v) is 3.11. The molecule has 0 saturated carbocycles. The summed E-state index contributed by atoms with van der Waals surface area (Å²) in [6, 6.07) is 1.91. The Kier molecular flexibility index (Phi) is 2.30. The van der Waals surface area contributed by atoms with Crippen molar-refractivity contribution in [2.24, 2.45) is 0 Å². The maximum atomic E-state index is 6.04. The van der Waals surface area contributed by atoms with Crippen LogP contribution < -0.4 is 0 Å². The molecule has 2 nitrogen and oxygen atoms in total. The second-order valence-corrected chi connectivity index (χ2v) is 4.09. The molecule has 1 aromatic carbocycles. The number of hydrogen-bond donors (Lipinski definition) is 1. The maximum Gasteiger partial charge on any atom is 0.0708 e. The van der Waals surface area contributed by atoms with Crippen LogP contribution >= 0.6 is 27.5 Å². The molecule has 13 heavy (non-hydrogen) atoms. The molecular formula is C9H8BrClN2. The van der Waals surface area contributed by atoms with E-state index in [1.807, 2.05) is 6.07 Å². The first-order valence-corrected chi connectivity index (χ1v) is 5.21. The monoisotopic (exact) mass is 258 g/mol. The largest absolute Gasteiger partial charge is 0.277 e. The summed E-state index contributed by atoms with van der Waals surface area (Å²) in [7, 11) is 0. The fourth-order valence-corrected chi connectivity index (χ4v) is 2.53. The van der Waals surface area contributed by atoms with Crippen LogP contribution in [0.15, 0.2) is 16.7 Å². The van der Waals surface area contributed by atoms with Gasteiger partial charge in [-0.05, 0) is 18.1 Å². The van der Waals surface area contributed by atoms with Crippen molar-refractivity contribution in [3.05, 3.63) is 27.3 Å². The molecule has 0 aliphatic heterocycles. The van der Waals surface area contributed by atoms with Crippen molar-refractivity contribution in [2.45, 2.75) is 13.3 Å². The normalized spacial score (nSPS) is 11.0. The number of nitrogens with one attached hydrogen (secondary N) is 1. The second kappa shape index (κ2) is 3.31. The smallest absolute Gasteiger partial charge is 0.0708 e. The molecule has 0 aliphatic rings. The number of H-pyrrole nitrogens is 1. The van der Waals surface area contributed by atoms with Gasteiger partial charge in [-0.25, -0.2) is 0 Å². The van der Waals surface area contributed by atoms with Gasteiger partial charge >= 0.3 is 0 Å². The van der Waals surface area contributed by atoms with E-state index in [4.69, 9.17) is 11.6 Å². The zero-order valence-electron chi connectivity index (χ0n) is 7.06. The summed E-state index contributed by atoms with van der Waals surface area (Å²) in [5.41, 5.74) is 2.25. The highest BCUT2D eigenvalue weighted by molar-refractivity contribution is 9.10. The Morgan fingerprint density at radius 2 is 2.38 bits per heavy atom. The number of nitrogens with zero attached hydrogens (tertiary/aromatic N) is 1. The van der Waals surface area contributed by atoms with Crippen LogP contribution in [0, 0.1) is 0 Å². The Hall–Kier alpha value is -0.540. The average Bonchev–Trinajstić information content (AvgIpc) is 2.53. The van der Waals surface area contributed by atoms with Crippen molar-refractivity contribution in [3.8, 4) is 0 Å². The van der Waals surface area contributed by atoms with E-state index >= 15 is 0 Å². The molecule has 2 rings (SSSR count). The number of aromatic nitrogens is 2. The molecule has 1 heterocycles. The lowest BCUT2D eigenvalue weighted by Gasteiger charge is -2.03. The van der Waals surface area contributed by atoms with E-state index in [1.165, 1.54) is 5.56 Å². The van der Waals surface area contributed by atoms with Crippen molar-refractivity contribution in [1.82, 2.24) is 10.2 Å². The Balaban J connectivity index is 2.88. The third-order valence-electron chi connectivity index (χ3n) is 2.09. The fourth-order valence-electron chi connectivity index (χ4n) is 1.44. The molecule has 1 N–H and O–H groups in total. The van der Waals surface area contributed by atoms with E-state index in [2.05, 4.69) is 33.1 Å². The Bertz CT molecular complexity index is 450. The van der Waals surface area contributed by atoms with Crippen LogP contribution in [-0.2, 0) is 6.42 Å². The molecule has 4 heteroatoms. The van der Waals surface area contributed by atoms with Gasteiger partial charge < -0.3 is 0 Å². The molecule has 0 spiro atoms. The van der Waals surface area contributed by atoms with Crippen LogP contribution in [0.3, 0.4) is 0 Å². The molecule has 0 unspecified atom stereocenters. The molecule has 0 saturated heterocycles. The summed E-state index contributed by atoms with van der Waals surface area (Å²) in [5.74, 6) is 0. The van der Waals surface area contributed by atoms with Gasteiger partial charge in [0.1, 0.15) is 0 Å². The summed E-state index contributed by atoms with van der Waals surface area (Å²) < 4.78 is 1.04. The SMILES string of the molecule is CCc1c(Br)cc(Cl)c2cn[nH]c12. The molecule has 0 radical (unpaired) electrons. The summed E-state index contributed by atoms with van der Waals surface area (Å²) in [6.45, 7) is 2.11. The average molecular weight is 260 g/mol. The lowest BCUT2D eigenvalue weighted by molar-refractivity contribution is 1.08. The highest BCUT2D eigenvalue weighted by atomic mass is 79.9. The quantitative estimate of drug-likeness (QED) is 0.834. The number of rotatable bonds is 1. The van der Waals surface area contributed by atoms with Gasteiger partial charge in [0.2, 0.25) is 0 Å². The number of halogens is 2. The summed E-state index contributed by atoms with van der Waals surface area (Å²) in [4.78, 5) is 0. The Morgan fingerprint density at radius 1 is 1.62 bits per heavy atom. The van der Waals surface area contributed by atoms with Crippen molar-refractivity contribution in [3.63, 3.8) is 0 Å². The molecule has 0 fully saturated rings. The first-order valence-electron chi connectivity index (χ1n) is 4.04. The highest BCUT2D eigenvalue weighted by Crippen LogP contribution is 2.31. The highest BCUT2D eigenvalue weighted by Gasteiger charge is 2.09. The molecule has 0 aliphatic carbocycles. The molecule has 0 amide bonds.